The molecule has 1 heterocycles. The highest BCUT2D eigenvalue weighted by atomic mass is 35.5. The van der Waals surface area contributed by atoms with Crippen LogP contribution in [-0.4, -0.2) is 9.97 Å². The van der Waals surface area contributed by atoms with Crippen LogP contribution in [0.4, 0.5) is 0 Å². The molecule has 0 aliphatic heterocycles. The van der Waals surface area contributed by atoms with Gasteiger partial charge in [0.25, 0.3) is 0 Å². The molecule has 3 nitrogen and oxygen atoms in total. The summed E-state index contributed by atoms with van der Waals surface area (Å²) >= 11 is 6.07. The third kappa shape index (κ3) is 1.93. The maximum Gasteiger partial charge on any atom is 0.124 e. The summed E-state index contributed by atoms with van der Waals surface area (Å²) in [5, 5.41) is 0.654. The number of aromatic nitrogens is 2. The van der Waals surface area contributed by atoms with Crippen LogP contribution < -0.4 is 5.73 Å². The van der Waals surface area contributed by atoms with Crippen LogP contribution in [0.2, 0.25) is 5.02 Å². The van der Waals surface area contributed by atoms with E-state index in [-0.39, 0.29) is 11.5 Å². The lowest BCUT2D eigenvalue weighted by atomic mass is 9.87. The van der Waals surface area contributed by atoms with Gasteiger partial charge in [-0.25, -0.2) is 4.98 Å². The van der Waals surface area contributed by atoms with E-state index in [4.69, 9.17) is 17.3 Å². The second-order valence-electron chi connectivity index (χ2n) is 5.10. The maximum atomic E-state index is 6.15. The van der Waals surface area contributed by atoms with Crippen LogP contribution in [-0.2, 0) is 0 Å². The van der Waals surface area contributed by atoms with Gasteiger partial charge in [0.1, 0.15) is 11.3 Å². The van der Waals surface area contributed by atoms with Crippen molar-refractivity contribution in [1.29, 1.82) is 0 Å². The summed E-state index contributed by atoms with van der Waals surface area (Å²) in [5.41, 5.74) is 7.84. The molecule has 1 aromatic heterocycles. The van der Waals surface area contributed by atoms with Gasteiger partial charge in [-0.1, -0.05) is 38.4 Å². The molecule has 3 N–H and O–H groups in total. The van der Waals surface area contributed by atoms with Crippen molar-refractivity contribution in [2.24, 2.45) is 11.1 Å². The van der Waals surface area contributed by atoms with E-state index in [0.717, 1.165) is 16.9 Å². The van der Waals surface area contributed by atoms with Gasteiger partial charge in [-0.05, 0) is 17.5 Å². The Morgan fingerprint density at radius 2 is 2.06 bits per heavy atom. The van der Waals surface area contributed by atoms with E-state index in [1.165, 1.54) is 0 Å². The molecule has 0 bridgehead atoms. The highest BCUT2D eigenvalue weighted by Crippen LogP contribution is 2.31. The summed E-state index contributed by atoms with van der Waals surface area (Å²) < 4.78 is 0. The molecule has 0 amide bonds. The number of imidazole rings is 1. The lowest BCUT2D eigenvalue weighted by molar-refractivity contribution is 0.317. The van der Waals surface area contributed by atoms with Crippen molar-refractivity contribution in [1.82, 2.24) is 9.97 Å². The van der Waals surface area contributed by atoms with E-state index >= 15 is 0 Å². The topological polar surface area (TPSA) is 54.7 Å². The predicted molar refractivity (Wildman–Crippen MR) is 67.5 cm³/mol. The Morgan fingerprint density at radius 3 is 2.62 bits per heavy atom. The number of rotatable bonds is 1. The van der Waals surface area contributed by atoms with E-state index in [1.807, 2.05) is 18.2 Å². The minimum atomic E-state index is -0.129. The molecular weight excluding hydrogens is 222 g/mol. The molecule has 86 valence electrons. The molecule has 0 saturated carbocycles. The zero-order valence-corrected chi connectivity index (χ0v) is 10.5. The van der Waals surface area contributed by atoms with E-state index in [2.05, 4.69) is 30.7 Å². The first-order chi connectivity index (χ1) is 7.39. The SMILES string of the molecule is CC(C)(C)C(N)c1nc2c(Cl)cccc2[nH]1. The summed E-state index contributed by atoms with van der Waals surface area (Å²) in [7, 11) is 0. The Labute approximate surface area is 100 Å². The number of H-pyrrole nitrogens is 1. The molecule has 0 aliphatic carbocycles. The van der Waals surface area contributed by atoms with Gasteiger partial charge in [0.2, 0.25) is 0 Å². The molecule has 0 radical (unpaired) electrons. The van der Waals surface area contributed by atoms with Gasteiger partial charge in [-0.2, -0.15) is 0 Å². The smallest absolute Gasteiger partial charge is 0.124 e. The molecule has 0 fully saturated rings. The number of halogens is 1. The molecule has 2 aromatic rings. The van der Waals surface area contributed by atoms with E-state index in [1.54, 1.807) is 0 Å². The van der Waals surface area contributed by atoms with Crippen molar-refractivity contribution in [3.63, 3.8) is 0 Å². The molecule has 1 atom stereocenters. The zero-order valence-electron chi connectivity index (χ0n) is 9.71. The molecule has 1 unspecified atom stereocenters. The molecule has 0 aliphatic rings. The van der Waals surface area contributed by atoms with E-state index in [9.17, 15) is 0 Å². The van der Waals surface area contributed by atoms with Gasteiger partial charge in [-0.15, -0.1) is 0 Å². The number of nitrogens with two attached hydrogens (primary N) is 1. The number of nitrogens with one attached hydrogen (secondary N) is 1. The Morgan fingerprint density at radius 1 is 1.38 bits per heavy atom. The molecule has 16 heavy (non-hydrogen) atoms. The first-order valence-corrected chi connectivity index (χ1v) is 5.67. The molecule has 0 saturated heterocycles. The van der Waals surface area contributed by atoms with Crippen molar-refractivity contribution in [2.75, 3.05) is 0 Å². The quantitative estimate of drug-likeness (QED) is 0.800. The second kappa shape index (κ2) is 3.75. The Kier molecular flexibility index (Phi) is 2.68. The summed E-state index contributed by atoms with van der Waals surface area (Å²) in [5.74, 6) is 0.788. The number of hydrogen-bond donors (Lipinski definition) is 2. The first kappa shape index (κ1) is 11.4. The number of hydrogen-bond acceptors (Lipinski definition) is 2. The number of para-hydroxylation sites is 1. The van der Waals surface area contributed by atoms with Crippen LogP contribution in [0.5, 0.6) is 0 Å². The highest BCUT2D eigenvalue weighted by molar-refractivity contribution is 6.34. The van der Waals surface area contributed by atoms with Crippen LogP contribution in [0.1, 0.15) is 32.6 Å². The fourth-order valence-electron chi connectivity index (χ4n) is 1.57. The van der Waals surface area contributed by atoms with Crippen molar-refractivity contribution in [2.45, 2.75) is 26.8 Å². The minimum absolute atomic E-state index is 0.0274. The molecule has 1 aromatic carbocycles. The van der Waals surface area contributed by atoms with Crippen molar-refractivity contribution < 1.29 is 0 Å². The molecule has 4 heteroatoms. The van der Waals surface area contributed by atoms with Crippen LogP contribution in [0.3, 0.4) is 0 Å². The Bertz CT molecular complexity index is 510. The molecular formula is C12H16ClN3. The van der Waals surface area contributed by atoms with Gasteiger partial charge in [0.15, 0.2) is 0 Å². The van der Waals surface area contributed by atoms with Crippen LogP contribution >= 0.6 is 11.6 Å². The van der Waals surface area contributed by atoms with Crippen LogP contribution in [0.15, 0.2) is 18.2 Å². The van der Waals surface area contributed by atoms with Crippen LogP contribution in [0, 0.1) is 5.41 Å². The second-order valence-corrected chi connectivity index (χ2v) is 5.51. The highest BCUT2D eigenvalue weighted by Gasteiger charge is 2.25. The summed E-state index contributed by atoms with van der Waals surface area (Å²) in [6.45, 7) is 6.27. The number of aromatic amines is 1. The summed E-state index contributed by atoms with van der Waals surface area (Å²) in [6, 6.07) is 5.55. The lowest BCUT2D eigenvalue weighted by Gasteiger charge is -2.24. The Balaban J connectivity index is 2.52. The third-order valence-electron chi connectivity index (χ3n) is 2.71. The van der Waals surface area contributed by atoms with Crippen molar-refractivity contribution in [3.05, 3.63) is 29.0 Å². The molecule has 0 spiro atoms. The van der Waals surface area contributed by atoms with Gasteiger partial charge in [0.05, 0.1) is 16.6 Å². The molecule has 2 rings (SSSR count). The third-order valence-corrected chi connectivity index (χ3v) is 3.01. The van der Waals surface area contributed by atoms with Gasteiger partial charge < -0.3 is 10.7 Å². The minimum Gasteiger partial charge on any atom is -0.341 e. The average molecular weight is 238 g/mol. The fraction of sp³-hybridized carbons (Fsp3) is 0.417. The summed E-state index contributed by atoms with van der Waals surface area (Å²) in [6.07, 6.45) is 0. The van der Waals surface area contributed by atoms with Gasteiger partial charge in [0, 0.05) is 0 Å². The van der Waals surface area contributed by atoms with Crippen molar-refractivity contribution >= 4 is 22.6 Å². The zero-order chi connectivity index (χ0) is 11.9. The van der Waals surface area contributed by atoms with Crippen molar-refractivity contribution in [3.8, 4) is 0 Å². The lowest BCUT2D eigenvalue weighted by Crippen LogP contribution is -2.27. The fourth-order valence-corrected chi connectivity index (χ4v) is 1.79. The first-order valence-electron chi connectivity index (χ1n) is 5.29. The number of fused-ring (bicyclic) bond motifs is 1. The van der Waals surface area contributed by atoms with E-state index in [0.29, 0.717) is 5.02 Å². The number of nitrogens with zero attached hydrogens (tertiary/aromatic N) is 1. The predicted octanol–water partition coefficient (Wildman–Crippen LogP) is 3.26. The standard InChI is InChI=1S/C12H16ClN3/c1-12(2,3)10(14)11-15-8-6-4-5-7(13)9(8)16-11/h4-6,10H,14H2,1-3H3,(H,15,16). The maximum absolute atomic E-state index is 6.15. The van der Waals surface area contributed by atoms with Crippen LogP contribution in [0.25, 0.3) is 11.0 Å². The summed E-state index contributed by atoms with van der Waals surface area (Å²) in [4.78, 5) is 7.69. The normalized spacial score (nSPS) is 14.3. The Hall–Kier alpha value is -1.06. The number of benzene rings is 1. The average Bonchev–Trinajstić information content (AvgIpc) is 2.60. The van der Waals surface area contributed by atoms with Gasteiger partial charge in [-0.3, -0.25) is 0 Å². The van der Waals surface area contributed by atoms with E-state index < -0.39 is 0 Å². The van der Waals surface area contributed by atoms with Gasteiger partial charge >= 0.3 is 0 Å². The monoisotopic (exact) mass is 237 g/mol. The largest absolute Gasteiger partial charge is 0.341 e.